The molecule has 0 unspecified atom stereocenters. The van der Waals surface area contributed by atoms with Gasteiger partial charge < -0.3 is 178 Å². The summed E-state index contributed by atoms with van der Waals surface area (Å²) in [6.07, 6.45) is 131. The molecule has 0 saturated heterocycles. The average Bonchev–Trinajstić information content (AvgIpc) is 0.991. The van der Waals surface area contributed by atoms with Crippen molar-refractivity contribution >= 4 is 188 Å². The number of rotatable bonds is 108. The maximum Gasteiger partial charge on any atom is 6.00 e. The van der Waals surface area contributed by atoms with E-state index in [1.807, 2.05) is 0 Å². The molecule has 0 heterocycles. The van der Waals surface area contributed by atoms with Crippen LogP contribution in [0.2, 0.25) is 0 Å². The first-order valence-corrected chi connectivity index (χ1v) is 69.5. The van der Waals surface area contributed by atoms with E-state index in [1.54, 1.807) is 0 Å². The Morgan fingerprint density at radius 2 is 0.163 bits per heavy atom. The fraction of sp³-hybridized carbons (Fsp3) is 0.952. The quantitative estimate of drug-likeness (QED) is 0.0251. The van der Waals surface area contributed by atoms with Crippen LogP contribution in [0.5, 0.6) is 0 Å². The molecule has 7 nitrogen and oxygen atoms in total. The number of hydrogen-bond donors (Lipinski definition) is 0. The van der Waals surface area contributed by atoms with Gasteiger partial charge in [0.2, 0.25) is 0 Å². The fourth-order valence-electron chi connectivity index (χ4n) is 19.0. The number of thiocarbonyl (C=S) groups is 6. The SMILES string of the molecule is CCCCCCCCCCN(CCCCCCCCCC)C(=S)[S-].CCCCCCCCCCN(CCCCCCCCCC)C(=S)[S-].CCCCCCCCCCN(CCCCCCCCCC)C(=S)[S-].CCCCCCCCCCN(CCCCCCCCCC)C(=S)[S-].CCCCCCCCCCN(CCCCCCCCCC)C(=S)[S-].CCCCCCCCCCN(CCCCCCCCCC)C(=S)[S-].O=S.[Mo+6]. The van der Waals surface area contributed by atoms with Crippen LogP contribution >= 0.6 is 73.3 Å². The summed E-state index contributed by atoms with van der Waals surface area (Å²) in [5.74, 6) is 0. The summed E-state index contributed by atoms with van der Waals surface area (Å²) in [5, 5.41) is 0. The van der Waals surface area contributed by atoms with Crippen molar-refractivity contribution in [2.75, 3.05) is 78.5 Å². The van der Waals surface area contributed by atoms with E-state index in [-0.39, 0.29) is 21.1 Å². The monoisotopic (exact) mass is 2380 g/mol. The summed E-state index contributed by atoms with van der Waals surface area (Å²) in [5.41, 5.74) is 0. The van der Waals surface area contributed by atoms with Gasteiger partial charge in [-0.05, 0) is 77.0 Å². The molecular formula is C126H252MoN6OS13. The van der Waals surface area contributed by atoms with Crippen LogP contribution < -0.4 is 0 Å². The minimum absolute atomic E-state index is 0. The van der Waals surface area contributed by atoms with Gasteiger partial charge in [-0.15, -0.1) is 0 Å². The van der Waals surface area contributed by atoms with E-state index in [2.05, 4.69) is 125 Å². The first-order chi connectivity index (χ1) is 71.3. The topological polar surface area (TPSA) is 36.5 Å². The van der Waals surface area contributed by atoms with Crippen LogP contribution in [0.25, 0.3) is 0 Å². The summed E-state index contributed by atoms with van der Waals surface area (Å²) < 4.78 is 11.9. The van der Waals surface area contributed by atoms with Crippen LogP contribution in [0, 0.1) is 0 Å². The second-order valence-electron chi connectivity index (χ2n) is 43.2. The van der Waals surface area contributed by atoms with E-state index >= 15 is 0 Å². The second-order valence-corrected chi connectivity index (χ2v) is 49.4. The molecule has 0 aliphatic rings. The van der Waals surface area contributed by atoms with E-state index in [9.17, 15) is 0 Å². The number of unbranched alkanes of at least 4 members (excludes halogenated alkanes) is 84. The molecule has 21 heteroatoms. The summed E-state index contributed by atoms with van der Waals surface area (Å²) in [6.45, 7) is 40.2. The van der Waals surface area contributed by atoms with Crippen molar-refractivity contribution < 1.29 is 25.3 Å². The number of nitrogens with zero attached hydrogens (tertiary/aromatic N) is 6. The van der Waals surface area contributed by atoms with Gasteiger partial charge in [0.15, 0.2) is 12.5 Å². The summed E-state index contributed by atoms with van der Waals surface area (Å²) in [4.78, 5) is 13.6. The van der Waals surface area contributed by atoms with Crippen LogP contribution in [0.3, 0.4) is 0 Å². The molecule has 0 N–H and O–H groups in total. The zero-order chi connectivity index (χ0) is 109. The zero-order valence-corrected chi connectivity index (χ0v) is 113. The van der Waals surface area contributed by atoms with E-state index in [0.29, 0.717) is 25.9 Å². The molecule has 0 rings (SSSR count). The van der Waals surface area contributed by atoms with Crippen molar-refractivity contribution in [3.63, 3.8) is 0 Å². The molecule has 0 aliphatic heterocycles. The van der Waals surface area contributed by atoms with Crippen molar-refractivity contribution in [2.45, 2.75) is 699 Å². The van der Waals surface area contributed by atoms with E-state index in [4.69, 9.17) is 153 Å². The molecule has 0 aromatic carbocycles. The summed E-state index contributed by atoms with van der Waals surface area (Å²) in [7, 11) is 0. The maximum absolute atomic E-state index is 7.83. The largest absolute Gasteiger partial charge is 6.00 e. The van der Waals surface area contributed by atoms with Crippen LogP contribution in [0.1, 0.15) is 699 Å². The summed E-state index contributed by atoms with van der Waals surface area (Å²) >= 11 is 65.9. The molecule has 0 aliphatic carbocycles. The van der Waals surface area contributed by atoms with Crippen LogP contribution in [-0.4, -0.2) is 138 Å². The smallest absolute Gasteiger partial charge is 0.411 e. The molecule has 0 amide bonds. The molecule has 876 valence electrons. The van der Waals surface area contributed by atoms with Crippen LogP contribution in [0.15, 0.2) is 0 Å². The Kier molecular flexibility index (Phi) is 166. The first kappa shape index (κ1) is 164. The molecule has 0 radical (unpaired) electrons. The van der Waals surface area contributed by atoms with Gasteiger partial charge in [0.1, 0.15) is 0 Å². The van der Waals surface area contributed by atoms with Crippen molar-refractivity contribution in [3.8, 4) is 0 Å². The molecule has 0 aromatic heterocycles. The molecule has 0 bridgehead atoms. The van der Waals surface area contributed by atoms with Crippen molar-refractivity contribution in [2.24, 2.45) is 0 Å². The minimum atomic E-state index is 0. The van der Waals surface area contributed by atoms with Gasteiger partial charge in [-0.25, -0.2) is 0 Å². The van der Waals surface area contributed by atoms with Crippen molar-refractivity contribution in [3.05, 3.63) is 0 Å². The van der Waals surface area contributed by atoms with Crippen molar-refractivity contribution in [1.82, 2.24) is 29.4 Å². The molecule has 0 atom stereocenters. The van der Waals surface area contributed by atoms with Gasteiger partial charge in [0.05, 0.1) is 0 Å². The van der Waals surface area contributed by atoms with E-state index < -0.39 is 0 Å². The predicted octanol–water partition coefficient (Wildman–Crippen LogP) is 44.1. The Hall–Kier alpha value is 1.37. The third-order valence-electron chi connectivity index (χ3n) is 28.9. The van der Waals surface area contributed by atoms with E-state index in [0.717, 1.165) is 78.5 Å². The molecule has 0 aromatic rings. The molecule has 147 heavy (non-hydrogen) atoms. The maximum atomic E-state index is 7.83. The van der Waals surface area contributed by atoms with Crippen LogP contribution in [-0.2, 0) is 109 Å². The summed E-state index contributed by atoms with van der Waals surface area (Å²) in [6, 6.07) is 0. The Balaban J connectivity index is -0.000000262. The Bertz CT molecular complexity index is 1950. The Morgan fingerprint density at radius 3 is 0.211 bits per heavy atom. The molecule has 0 saturated carbocycles. The normalized spacial score (nSPS) is 10.7. The van der Waals surface area contributed by atoms with Gasteiger partial charge in [-0.2, -0.15) is 4.21 Å². The minimum Gasteiger partial charge on any atom is -0.411 e. The Morgan fingerprint density at radius 1 is 0.116 bits per heavy atom. The van der Waals surface area contributed by atoms with Gasteiger partial charge in [-0.1, -0.05) is 648 Å². The van der Waals surface area contributed by atoms with Crippen molar-refractivity contribution in [1.29, 1.82) is 0 Å². The zero-order valence-electron chi connectivity index (χ0n) is 100. The average molecular weight is 2380 g/mol. The van der Waals surface area contributed by atoms with Gasteiger partial charge in [0, 0.05) is 78.5 Å². The van der Waals surface area contributed by atoms with E-state index in [1.165, 1.54) is 616 Å². The molecular weight excluding hydrogens is 2130 g/mol. The second kappa shape index (κ2) is 149. The van der Waals surface area contributed by atoms with Crippen LogP contribution in [0.4, 0.5) is 0 Å². The Labute approximate surface area is 1010 Å². The van der Waals surface area contributed by atoms with Gasteiger partial charge in [0.25, 0.3) is 0 Å². The number of hydrogen-bond acceptors (Lipinski definition) is 14. The van der Waals surface area contributed by atoms with Gasteiger partial charge in [-0.3, -0.25) is 0 Å². The molecule has 0 spiro atoms. The first-order valence-electron chi connectivity index (χ1n) is 64.2. The fourth-order valence-corrected chi connectivity index (χ4v) is 21.2. The predicted molar refractivity (Wildman–Crippen MR) is 709 cm³/mol. The third-order valence-corrected chi connectivity index (χ3v) is 32.0. The standard InChI is InChI=1S/6C21H43NS2.Mo.OS/c6*1-3-5-7-9-11-13-15-17-19-22(21(23)24)20-18-16-14-12-10-8-6-4-2;;1-2/h6*3-20H2,1-2H3,(H,23,24);;/q;;;;;;+6;/p-6. The van der Waals surface area contributed by atoms with Gasteiger partial charge >= 0.3 is 21.1 Å². The third kappa shape index (κ3) is 147. The molecule has 0 fully saturated rings.